The van der Waals surface area contributed by atoms with Crippen molar-refractivity contribution < 1.29 is 4.74 Å². The second kappa shape index (κ2) is 12.1. The Morgan fingerprint density at radius 3 is 2.51 bits per heavy atom. The summed E-state index contributed by atoms with van der Waals surface area (Å²) in [5.41, 5.74) is 9.10. The maximum atomic E-state index is 5.78. The highest BCUT2D eigenvalue weighted by atomic mass is 16.5. The first kappa shape index (κ1) is 27.0. The zero-order valence-corrected chi connectivity index (χ0v) is 24.4. The molecule has 1 aliphatic carbocycles. The molecule has 4 nitrogen and oxygen atoms in total. The number of para-hydroxylation sites is 2. The van der Waals surface area contributed by atoms with Crippen LogP contribution in [0.25, 0.3) is 11.1 Å². The summed E-state index contributed by atoms with van der Waals surface area (Å²) in [7, 11) is 1.76. The summed E-state index contributed by atoms with van der Waals surface area (Å²) >= 11 is 0. The standard InChI is InChI=1S/C37H41N3O/c1-26(2)21-27-22-29(32-16-9-10-18-35(32)41-3)24-30(23-27)34-25-28-13-7-8-17-33(28)37(39-34)40(31-14-5-4-6-15-31)36-19-11-12-20-38-36/h4-6,9-12,14-16,18-20,22-26,34,36,38-39H,7-8,13,17,21H2,1-3H3. The molecule has 3 aliphatic rings. The summed E-state index contributed by atoms with van der Waals surface area (Å²) < 4.78 is 5.78. The summed E-state index contributed by atoms with van der Waals surface area (Å²) in [6, 6.07) is 26.3. The molecule has 0 spiro atoms. The van der Waals surface area contributed by atoms with Gasteiger partial charge in [-0.2, -0.15) is 0 Å². The van der Waals surface area contributed by atoms with E-state index in [2.05, 4.69) is 120 Å². The van der Waals surface area contributed by atoms with Crippen molar-refractivity contribution >= 4 is 5.69 Å². The largest absolute Gasteiger partial charge is 0.496 e. The van der Waals surface area contributed by atoms with Gasteiger partial charge in [-0.25, -0.2) is 0 Å². The second-order valence-electron chi connectivity index (χ2n) is 11.7. The molecule has 0 saturated heterocycles. The van der Waals surface area contributed by atoms with Crippen LogP contribution in [0, 0.1) is 5.92 Å². The molecule has 0 aromatic heterocycles. The zero-order valence-electron chi connectivity index (χ0n) is 24.4. The number of nitrogens with zero attached hydrogens (tertiary/aromatic N) is 1. The Kier molecular flexibility index (Phi) is 8.00. The number of methoxy groups -OCH3 is 1. The van der Waals surface area contributed by atoms with Gasteiger partial charge in [0.15, 0.2) is 0 Å². The van der Waals surface area contributed by atoms with E-state index in [0.29, 0.717) is 5.92 Å². The van der Waals surface area contributed by atoms with Crippen LogP contribution >= 0.6 is 0 Å². The Labute approximate surface area is 245 Å². The van der Waals surface area contributed by atoms with Crippen molar-refractivity contribution in [3.05, 3.63) is 131 Å². The van der Waals surface area contributed by atoms with Crippen LogP contribution in [-0.2, 0) is 6.42 Å². The lowest BCUT2D eigenvalue weighted by atomic mass is 9.83. The van der Waals surface area contributed by atoms with Gasteiger partial charge >= 0.3 is 0 Å². The van der Waals surface area contributed by atoms with E-state index in [9.17, 15) is 0 Å². The van der Waals surface area contributed by atoms with Crippen LogP contribution in [0.4, 0.5) is 5.69 Å². The highest BCUT2D eigenvalue weighted by molar-refractivity contribution is 5.72. The van der Waals surface area contributed by atoms with Gasteiger partial charge in [-0.15, -0.1) is 0 Å². The molecule has 2 unspecified atom stereocenters. The molecule has 2 atom stereocenters. The van der Waals surface area contributed by atoms with Crippen LogP contribution in [-0.4, -0.2) is 13.3 Å². The van der Waals surface area contributed by atoms with Gasteiger partial charge in [0.05, 0.1) is 13.2 Å². The quantitative estimate of drug-likeness (QED) is 0.299. The fourth-order valence-electron chi connectivity index (χ4n) is 6.39. The molecule has 3 aromatic carbocycles. The summed E-state index contributed by atoms with van der Waals surface area (Å²) in [6.45, 7) is 4.59. The highest BCUT2D eigenvalue weighted by Crippen LogP contribution is 2.41. The van der Waals surface area contributed by atoms with Gasteiger partial charge in [0.2, 0.25) is 0 Å². The van der Waals surface area contributed by atoms with Crippen LogP contribution < -0.4 is 20.3 Å². The van der Waals surface area contributed by atoms with Crippen LogP contribution in [0.3, 0.4) is 0 Å². The fourth-order valence-corrected chi connectivity index (χ4v) is 6.39. The maximum Gasteiger partial charge on any atom is 0.126 e. The molecule has 210 valence electrons. The third kappa shape index (κ3) is 5.83. The number of ether oxygens (including phenoxy) is 1. The lowest BCUT2D eigenvalue weighted by molar-refractivity contribution is 0.416. The molecule has 2 heterocycles. The van der Waals surface area contributed by atoms with Crippen LogP contribution in [0.5, 0.6) is 5.75 Å². The number of fused-ring (bicyclic) bond motifs is 1. The first-order valence-electron chi connectivity index (χ1n) is 15.0. The molecular weight excluding hydrogens is 502 g/mol. The van der Waals surface area contributed by atoms with Crippen molar-refractivity contribution in [2.24, 2.45) is 5.92 Å². The Balaban J connectivity index is 1.46. The lowest BCUT2D eigenvalue weighted by Crippen LogP contribution is -2.48. The maximum absolute atomic E-state index is 5.78. The van der Waals surface area contributed by atoms with E-state index < -0.39 is 0 Å². The number of allylic oxidation sites excluding steroid dienone is 4. The molecule has 0 amide bonds. The number of anilines is 1. The minimum absolute atomic E-state index is 0.0238. The first-order valence-corrected chi connectivity index (χ1v) is 15.0. The molecule has 6 rings (SSSR count). The van der Waals surface area contributed by atoms with E-state index in [1.54, 1.807) is 7.11 Å². The van der Waals surface area contributed by atoms with E-state index in [1.165, 1.54) is 52.2 Å². The van der Waals surface area contributed by atoms with E-state index >= 15 is 0 Å². The average molecular weight is 544 g/mol. The lowest BCUT2D eigenvalue weighted by Gasteiger charge is -2.41. The Morgan fingerprint density at radius 1 is 0.927 bits per heavy atom. The summed E-state index contributed by atoms with van der Waals surface area (Å²) in [6.07, 6.45) is 16.7. The number of dihydropyridines is 2. The normalized spacial score (nSPS) is 19.8. The predicted molar refractivity (Wildman–Crippen MR) is 171 cm³/mol. The average Bonchev–Trinajstić information content (AvgIpc) is 3.01. The molecule has 1 saturated carbocycles. The third-order valence-corrected chi connectivity index (χ3v) is 8.21. The smallest absolute Gasteiger partial charge is 0.126 e. The molecular formula is C37H41N3O. The number of nitrogens with one attached hydrogen (secondary N) is 2. The fraction of sp³-hybridized carbons (Fsp3) is 0.297. The molecule has 4 heteroatoms. The summed E-state index contributed by atoms with van der Waals surface area (Å²) in [5.74, 6) is 2.69. The third-order valence-electron chi connectivity index (χ3n) is 8.21. The van der Waals surface area contributed by atoms with Crippen molar-refractivity contribution in [2.75, 3.05) is 12.0 Å². The van der Waals surface area contributed by atoms with Crippen molar-refractivity contribution in [3.8, 4) is 16.9 Å². The molecule has 41 heavy (non-hydrogen) atoms. The molecule has 2 aliphatic heterocycles. The molecule has 0 radical (unpaired) electrons. The highest BCUT2D eigenvalue weighted by Gasteiger charge is 2.31. The predicted octanol–water partition coefficient (Wildman–Crippen LogP) is 8.42. The van der Waals surface area contributed by atoms with Gasteiger partial charge in [-0.3, -0.25) is 0 Å². The van der Waals surface area contributed by atoms with E-state index in [0.717, 1.165) is 30.6 Å². The number of rotatable bonds is 8. The molecule has 3 aromatic rings. The number of benzene rings is 3. The Bertz CT molecular complexity index is 1500. The van der Waals surface area contributed by atoms with Crippen molar-refractivity contribution in [1.82, 2.24) is 10.6 Å². The minimum atomic E-state index is 0.0238. The number of hydrogen-bond acceptors (Lipinski definition) is 4. The number of hydrogen-bond donors (Lipinski definition) is 2. The monoisotopic (exact) mass is 543 g/mol. The Hall–Kier alpha value is -4.18. The first-order chi connectivity index (χ1) is 20.1. The SMILES string of the molecule is COc1ccccc1-c1cc(CC(C)C)cc(C2C=C3CCCCC3=C(N(c3ccccc3)C3C=CC=CN3)N2)c1. The molecule has 2 N–H and O–H groups in total. The van der Waals surface area contributed by atoms with E-state index in [4.69, 9.17) is 4.74 Å². The summed E-state index contributed by atoms with van der Waals surface area (Å²) in [5, 5.41) is 7.64. The van der Waals surface area contributed by atoms with Crippen molar-refractivity contribution in [2.45, 2.75) is 58.2 Å². The summed E-state index contributed by atoms with van der Waals surface area (Å²) in [4.78, 5) is 2.44. The van der Waals surface area contributed by atoms with Gasteiger partial charge in [0.1, 0.15) is 17.7 Å². The van der Waals surface area contributed by atoms with Crippen molar-refractivity contribution in [3.63, 3.8) is 0 Å². The van der Waals surface area contributed by atoms with Crippen LogP contribution in [0.15, 0.2) is 120 Å². The van der Waals surface area contributed by atoms with Gasteiger partial charge in [0, 0.05) is 11.3 Å². The molecule has 1 fully saturated rings. The van der Waals surface area contributed by atoms with Gasteiger partial charge in [-0.1, -0.05) is 74.5 Å². The van der Waals surface area contributed by atoms with Crippen LogP contribution in [0.1, 0.15) is 56.7 Å². The second-order valence-corrected chi connectivity index (χ2v) is 11.7. The zero-order chi connectivity index (χ0) is 28.2. The molecule has 0 bridgehead atoms. The van der Waals surface area contributed by atoms with E-state index in [-0.39, 0.29) is 12.2 Å². The van der Waals surface area contributed by atoms with Gasteiger partial charge in [-0.05, 0) is 108 Å². The van der Waals surface area contributed by atoms with Gasteiger partial charge < -0.3 is 20.3 Å². The van der Waals surface area contributed by atoms with Gasteiger partial charge in [0.25, 0.3) is 0 Å². The minimum Gasteiger partial charge on any atom is -0.496 e. The Morgan fingerprint density at radius 2 is 1.73 bits per heavy atom. The van der Waals surface area contributed by atoms with E-state index in [1.807, 2.05) is 12.3 Å². The van der Waals surface area contributed by atoms with Crippen LogP contribution in [0.2, 0.25) is 0 Å². The van der Waals surface area contributed by atoms with Crippen molar-refractivity contribution in [1.29, 1.82) is 0 Å². The topological polar surface area (TPSA) is 36.5 Å².